The predicted molar refractivity (Wildman–Crippen MR) is 42.5 cm³/mol. The molecular formula is C8H16ClNO. The second-order valence-electron chi connectivity index (χ2n) is 3.27. The van der Waals surface area contributed by atoms with Gasteiger partial charge >= 0.3 is 5.91 Å². The van der Waals surface area contributed by atoms with E-state index in [4.69, 9.17) is 0 Å². The molecule has 0 aromatic rings. The molecule has 0 radical (unpaired) electrons. The molecule has 0 atom stereocenters. The number of halogens is 1. The average Bonchev–Trinajstić information content (AvgIpc) is 1.83. The van der Waals surface area contributed by atoms with E-state index in [1.165, 1.54) is 0 Å². The molecule has 3 heteroatoms. The van der Waals surface area contributed by atoms with Gasteiger partial charge < -0.3 is 12.4 Å². The van der Waals surface area contributed by atoms with E-state index >= 15 is 0 Å². The van der Waals surface area contributed by atoms with Crippen LogP contribution in [0.3, 0.4) is 0 Å². The number of carbonyl (C=O) groups excluding carboxylic acids is 1. The lowest BCUT2D eigenvalue weighted by atomic mass is 10.2. The van der Waals surface area contributed by atoms with Gasteiger partial charge in [0.05, 0.1) is 21.1 Å². The Bertz CT molecular complexity index is 158. The average molecular weight is 178 g/mol. The Morgan fingerprint density at radius 2 is 1.73 bits per heavy atom. The lowest BCUT2D eigenvalue weighted by molar-refractivity contribution is -0.789. The molecule has 2 nitrogen and oxygen atoms in total. The smallest absolute Gasteiger partial charge is 0.340 e. The minimum absolute atomic E-state index is 0. The largest absolute Gasteiger partial charge is 1.00 e. The Morgan fingerprint density at radius 1 is 1.36 bits per heavy atom. The fraction of sp³-hybridized carbons (Fsp3) is 0.625. The van der Waals surface area contributed by atoms with Crippen molar-refractivity contribution in [3.8, 4) is 0 Å². The zero-order valence-corrected chi connectivity index (χ0v) is 8.40. The molecule has 0 saturated carbocycles. The Kier molecular flexibility index (Phi) is 5.45. The summed E-state index contributed by atoms with van der Waals surface area (Å²) >= 11 is 0. The van der Waals surface area contributed by atoms with E-state index in [-0.39, 0.29) is 18.3 Å². The van der Waals surface area contributed by atoms with Crippen LogP contribution in [0.15, 0.2) is 12.2 Å². The van der Waals surface area contributed by atoms with Gasteiger partial charge in [0.2, 0.25) is 0 Å². The van der Waals surface area contributed by atoms with E-state index < -0.39 is 0 Å². The summed E-state index contributed by atoms with van der Waals surface area (Å²) in [6, 6.07) is 0. The first-order valence-corrected chi connectivity index (χ1v) is 3.43. The van der Waals surface area contributed by atoms with Gasteiger partial charge in [-0.2, -0.15) is 0 Å². The van der Waals surface area contributed by atoms with E-state index in [0.717, 1.165) is 6.42 Å². The summed E-state index contributed by atoms with van der Waals surface area (Å²) in [6.07, 6.45) is 0.744. The number of amides is 1. The molecule has 0 aliphatic heterocycles. The van der Waals surface area contributed by atoms with Crippen molar-refractivity contribution in [3.63, 3.8) is 0 Å². The first-order valence-electron chi connectivity index (χ1n) is 3.43. The molecule has 0 aliphatic carbocycles. The first kappa shape index (κ1) is 13.3. The molecule has 0 heterocycles. The third-order valence-electron chi connectivity index (χ3n) is 1.34. The highest BCUT2D eigenvalue weighted by Gasteiger charge is 2.21. The minimum atomic E-state index is 0. The number of quaternary nitrogens is 1. The van der Waals surface area contributed by atoms with E-state index in [2.05, 4.69) is 6.58 Å². The standard InChI is InChI=1S/C8H16NO.ClH/c1-6-7(2)8(10)9(3,4)5;/h2,6H2,1,3-5H3;1H/q+1;/p-1. The summed E-state index contributed by atoms with van der Waals surface area (Å²) in [6.45, 7) is 5.61. The molecule has 1 amide bonds. The van der Waals surface area contributed by atoms with Crippen LogP contribution >= 0.6 is 0 Å². The van der Waals surface area contributed by atoms with Gasteiger partial charge in [0.15, 0.2) is 0 Å². The summed E-state index contributed by atoms with van der Waals surface area (Å²) < 4.78 is 0.340. The van der Waals surface area contributed by atoms with Gasteiger partial charge in [0, 0.05) is 5.57 Å². The van der Waals surface area contributed by atoms with Crippen LogP contribution in [0.1, 0.15) is 13.3 Å². The number of rotatable bonds is 2. The van der Waals surface area contributed by atoms with Gasteiger partial charge in [0.25, 0.3) is 0 Å². The van der Waals surface area contributed by atoms with Gasteiger partial charge in [-0.25, -0.2) is 4.79 Å². The van der Waals surface area contributed by atoms with Crippen LogP contribution in [0.25, 0.3) is 0 Å². The summed E-state index contributed by atoms with van der Waals surface area (Å²) in [7, 11) is 5.55. The molecule has 0 aliphatic rings. The number of hydrogen-bond acceptors (Lipinski definition) is 1. The SMILES string of the molecule is C=C(CC)C(=O)[N+](C)(C)C.[Cl-]. The molecule has 0 fully saturated rings. The van der Waals surface area contributed by atoms with Gasteiger partial charge in [-0.15, -0.1) is 0 Å². The zero-order valence-electron chi connectivity index (χ0n) is 7.65. The van der Waals surface area contributed by atoms with Crippen LogP contribution in [0.4, 0.5) is 0 Å². The molecule has 0 aromatic carbocycles. The third kappa shape index (κ3) is 4.17. The van der Waals surface area contributed by atoms with E-state index in [1.807, 2.05) is 28.1 Å². The summed E-state index contributed by atoms with van der Waals surface area (Å²) in [5, 5.41) is 0. The van der Waals surface area contributed by atoms with Crippen molar-refractivity contribution >= 4 is 5.91 Å². The Hall–Kier alpha value is -0.340. The predicted octanol–water partition coefficient (Wildman–Crippen LogP) is -1.81. The Balaban J connectivity index is 0. The van der Waals surface area contributed by atoms with Gasteiger partial charge in [-0.3, -0.25) is 4.48 Å². The van der Waals surface area contributed by atoms with Crippen molar-refractivity contribution in [2.75, 3.05) is 21.1 Å². The minimum Gasteiger partial charge on any atom is -1.00 e. The molecule has 66 valence electrons. The first-order chi connectivity index (χ1) is 4.39. The normalized spacial score (nSPS) is 10.2. The highest BCUT2D eigenvalue weighted by molar-refractivity contribution is 5.86. The summed E-state index contributed by atoms with van der Waals surface area (Å²) in [4.78, 5) is 11.3. The molecule has 0 saturated heterocycles. The molecule has 0 spiro atoms. The zero-order chi connectivity index (χ0) is 8.36. The summed E-state index contributed by atoms with van der Waals surface area (Å²) in [5.74, 6) is 0.113. The quantitative estimate of drug-likeness (QED) is 0.359. The molecule has 0 bridgehead atoms. The second-order valence-corrected chi connectivity index (χ2v) is 3.27. The maximum atomic E-state index is 11.3. The maximum absolute atomic E-state index is 11.3. The van der Waals surface area contributed by atoms with Gasteiger partial charge in [0.1, 0.15) is 0 Å². The maximum Gasteiger partial charge on any atom is 0.340 e. The number of hydrogen-bond donors (Lipinski definition) is 0. The Morgan fingerprint density at radius 3 is 1.82 bits per heavy atom. The van der Waals surface area contributed by atoms with Crippen molar-refractivity contribution in [1.29, 1.82) is 0 Å². The van der Waals surface area contributed by atoms with E-state index in [9.17, 15) is 4.79 Å². The lowest BCUT2D eigenvalue weighted by Crippen LogP contribution is -3.00. The topological polar surface area (TPSA) is 17.1 Å². The summed E-state index contributed by atoms with van der Waals surface area (Å²) in [5.41, 5.74) is 0.701. The fourth-order valence-corrected chi connectivity index (χ4v) is 0.626. The number of carbonyl (C=O) groups is 1. The van der Waals surface area contributed by atoms with Crippen molar-refractivity contribution in [2.45, 2.75) is 13.3 Å². The molecule has 11 heavy (non-hydrogen) atoms. The van der Waals surface area contributed by atoms with Crippen molar-refractivity contribution < 1.29 is 21.7 Å². The van der Waals surface area contributed by atoms with Crippen molar-refractivity contribution in [3.05, 3.63) is 12.2 Å². The fourth-order valence-electron chi connectivity index (χ4n) is 0.626. The van der Waals surface area contributed by atoms with Gasteiger partial charge in [-0.05, 0) is 6.42 Å². The molecular weight excluding hydrogens is 162 g/mol. The third-order valence-corrected chi connectivity index (χ3v) is 1.34. The van der Waals surface area contributed by atoms with Crippen molar-refractivity contribution in [2.24, 2.45) is 0 Å². The Labute approximate surface area is 74.9 Å². The monoisotopic (exact) mass is 177 g/mol. The molecule has 0 N–H and O–H groups in total. The van der Waals surface area contributed by atoms with Crippen LogP contribution in [-0.4, -0.2) is 31.5 Å². The molecule has 0 aromatic heterocycles. The number of likely N-dealkylation sites (N-methyl/N-ethyl adjacent to an activating group) is 1. The highest BCUT2D eigenvalue weighted by atomic mass is 35.5. The van der Waals surface area contributed by atoms with Gasteiger partial charge in [-0.1, -0.05) is 13.5 Å². The van der Waals surface area contributed by atoms with Crippen LogP contribution in [0.5, 0.6) is 0 Å². The van der Waals surface area contributed by atoms with E-state index in [0.29, 0.717) is 10.1 Å². The second kappa shape index (κ2) is 4.52. The molecule has 0 unspecified atom stereocenters. The van der Waals surface area contributed by atoms with Crippen molar-refractivity contribution in [1.82, 2.24) is 0 Å². The molecule has 0 rings (SSSR count). The van der Waals surface area contributed by atoms with E-state index in [1.54, 1.807) is 0 Å². The number of nitrogens with zero attached hydrogens (tertiary/aromatic N) is 1. The van der Waals surface area contributed by atoms with Crippen LogP contribution in [0.2, 0.25) is 0 Å². The van der Waals surface area contributed by atoms with Crippen LogP contribution in [0, 0.1) is 0 Å². The van der Waals surface area contributed by atoms with Crippen LogP contribution in [-0.2, 0) is 4.79 Å². The highest BCUT2D eigenvalue weighted by Crippen LogP contribution is 2.04. The lowest BCUT2D eigenvalue weighted by Gasteiger charge is -2.20. The van der Waals surface area contributed by atoms with Crippen LogP contribution < -0.4 is 12.4 Å².